The zero-order chi connectivity index (χ0) is 18.8. The van der Waals surface area contributed by atoms with Gasteiger partial charge < -0.3 is 14.5 Å². The monoisotopic (exact) mass is 364 g/mol. The zero-order valence-corrected chi connectivity index (χ0v) is 15.5. The van der Waals surface area contributed by atoms with Gasteiger partial charge in [-0.05, 0) is 24.5 Å². The molecule has 6 heteroatoms. The second-order valence-corrected chi connectivity index (χ2v) is 7.14. The minimum absolute atomic E-state index is 0.0722. The number of ketones is 1. The van der Waals surface area contributed by atoms with Gasteiger partial charge in [0.25, 0.3) is 5.91 Å². The van der Waals surface area contributed by atoms with Crippen molar-refractivity contribution in [2.24, 2.45) is 0 Å². The second kappa shape index (κ2) is 7.39. The van der Waals surface area contributed by atoms with E-state index in [9.17, 15) is 9.59 Å². The molecule has 4 rings (SSSR count). The molecule has 0 bridgehead atoms. The summed E-state index contributed by atoms with van der Waals surface area (Å²) in [5.74, 6) is -1.00. The highest BCUT2D eigenvalue weighted by atomic mass is 16.2. The van der Waals surface area contributed by atoms with Crippen LogP contribution in [0.5, 0.6) is 0 Å². The van der Waals surface area contributed by atoms with E-state index in [4.69, 9.17) is 0 Å². The van der Waals surface area contributed by atoms with Crippen molar-refractivity contribution in [2.45, 2.75) is 44.7 Å². The first-order valence-electron chi connectivity index (χ1n) is 9.57. The Morgan fingerprint density at radius 3 is 2.81 bits per heavy atom. The van der Waals surface area contributed by atoms with Crippen molar-refractivity contribution in [1.29, 1.82) is 0 Å². The highest BCUT2D eigenvalue weighted by molar-refractivity contribution is 6.40. The lowest BCUT2D eigenvalue weighted by atomic mass is 9.88. The van der Waals surface area contributed by atoms with Gasteiger partial charge in [0.2, 0.25) is 5.78 Å². The molecule has 0 aliphatic carbocycles. The van der Waals surface area contributed by atoms with Gasteiger partial charge in [-0.25, -0.2) is 4.98 Å². The van der Waals surface area contributed by atoms with E-state index in [1.165, 1.54) is 0 Å². The number of nitrogens with zero attached hydrogens (tertiary/aromatic N) is 3. The molecule has 1 aliphatic heterocycles. The van der Waals surface area contributed by atoms with Crippen molar-refractivity contribution in [2.75, 3.05) is 6.54 Å². The number of Topliss-reactive ketones (excluding diaryl/α,β-unsaturated/α-hetero) is 1. The van der Waals surface area contributed by atoms with Gasteiger partial charge >= 0.3 is 0 Å². The fraction of sp³-hybridized carbons (Fsp3) is 0.381. The number of likely N-dealkylation sites (tertiary alicyclic amines) is 1. The van der Waals surface area contributed by atoms with E-state index in [0.717, 1.165) is 42.3 Å². The van der Waals surface area contributed by atoms with Crippen molar-refractivity contribution in [3.8, 4) is 0 Å². The minimum atomic E-state index is -0.387. The number of H-pyrrole nitrogens is 1. The lowest BCUT2D eigenvalue weighted by Crippen LogP contribution is -2.36. The van der Waals surface area contributed by atoms with Gasteiger partial charge in [0.1, 0.15) is 0 Å². The van der Waals surface area contributed by atoms with Gasteiger partial charge in [-0.2, -0.15) is 0 Å². The molecule has 3 aromatic rings. The molecule has 0 radical (unpaired) electrons. The van der Waals surface area contributed by atoms with Crippen LogP contribution in [0.2, 0.25) is 0 Å². The lowest BCUT2D eigenvalue weighted by Gasteiger charge is -2.27. The van der Waals surface area contributed by atoms with Gasteiger partial charge in [-0.15, -0.1) is 0 Å². The van der Waals surface area contributed by atoms with E-state index in [2.05, 4.69) is 16.9 Å². The summed E-state index contributed by atoms with van der Waals surface area (Å²) in [6, 6.07) is 7.88. The summed E-state index contributed by atoms with van der Waals surface area (Å²) >= 11 is 0. The highest BCUT2D eigenvalue weighted by Crippen LogP contribution is 2.37. The standard InChI is InChI=1S/C21H24N4O2/c1-2-6-18-19(16-13-23-17-8-4-3-7-15(16)17)20(26)21(27)25(18)11-5-10-24-12-9-22-14-24/h3-4,7-9,12-14,18-19,23H,2,5-6,10-11H2,1H3. The van der Waals surface area contributed by atoms with E-state index in [-0.39, 0.29) is 23.7 Å². The van der Waals surface area contributed by atoms with Crippen LogP contribution in [0.15, 0.2) is 49.2 Å². The number of aromatic amines is 1. The molecule has 2 aromatic heterocycles. The molecular weight excluding hydrogens is 340 g/mol. The Kier molecular flexibility index (Phi) is 4.79. The molecule has 1 aromatic carbocycles. The number of hydrogen-bond acceptors (Lipinski definition) is 3. The van der Waals surface area contributed by atoms with Gasteiger partial charge in [-0.3, -0.25) is 9.59 Å². The number of aryl methyl sites for hydroxylation is 1. The normalized spacial score (nSPS) is 20.1. The minimum Gasteiger partial charge on any atom is -0.361 e. The van der Waals surface area contributed by atoms with Crippen molar-refractivity contribution in [3.05, 3.63) is 54.7 Å². The Labute approximate surface area is 158 Å². The SMILES string of the molecule is CCCC1C(c2c[nH]c3ccccc23)C(=O)C(=O)N1CCCn1ccnc1. The molecule has 27 heavy (non-hydrogen) atoms. The average molecular weight is 364 g/mol. The molecule has 1 N–H and O–H groups in total. The van der Waals surface area contributed by atoms with Crippen molar-refractivity contribution < 1.29 is 9.59 Å². The van der Waals surface area contributed by atoms with Crippen LogP contribution in [0.4, 0.5) is 0 Å². The largest absolute Gasteiger partial charge is 0.361 e. The third-order valence-electron chi connectivity index (χ3n) is 5.45. The molecule has 1 amide bonds. The summed E-state index contributed by atoms with van der Waals surface area (Å²) in [7, 11) is 0. The van der Waals surface area contributed by atoms with Crippen LogP contribution in [0.1, 0.15) is 37.7 Å². The van der Waals surface area contributed by atoms with E-state index in [0.29, 0.717) is 6.54 Å². The summed E-state index contributed by atoms with van der Waals surface area (Å²) in [6.45, 7) is 3.48. The maximum Gasteiger partial charge on any atom is 0.290 e. The molecule has 0 spiro atoms. The van der Waals surface area contributed by atoms with Gasteiger partial charge in [-0.1, -0.05) is 31.5 Å². The van der Waals surface area contributed by atoms with Crippen LogP contribution in [0.3, 0.4) is 0 Å². The number of hydrogen-bond donors (Lipinski definition) is 1. The maximum atomic E-state index is 12.9. The number of carbonyl (C=O) groups is 2. The van der Waals surface area contributed by atoms with Crippen LogP contribution >= 0.6 is 0 Å². The first-order chi connectivity index (χ1) is 13.2. The predicted octanol–water partition coefficient (Wildman–Crippen LogP) is 3.12. The molecule has 1 saturated heterocycles. The summed E-state index contributed by atoms with van der Waals surface area (Å²) in [6.07, 6.45) is 9.89. The van der Waals surface area contributed by atoms with E-state index in [1.807, 2.05) is 41.2 Å². The van der Waals surface area contributed by atoms with Crippen molar-refractivity contribution >= 4 is 22.6 Å². The summed E-state index contributed by atoms with van der Waals surface area (Å²) in [5, 5.41) is 1.03. The van der Waals surface area contributed by atoms with Crippen LogP contribution in [-0.4, -0.2) is 43.7 Å². The lowest BCUT2D eigenvalue weighted by molar-refractivity contribution is -0.140. The van der Waals surface area contributed by atoms with Gasteiger partial charge in [0, 0.05) is 48.6 Å². The Morgan fingerprint density at radius 2 is 2.04 bits per heavy atom. The zero-order valence-electron chi connectivity index (χ0n) is 15.5. The summed E-state index contributed by atoms with van der Waals surface area (Å²) < 4.78 is 1.99. The fourth-order valence-electron chi connectivity index (χ4n) is 4.21. The molecule has 140 valence electrons. The fourth-order valence-corrected chi connectivity index (χ4v) is 4.21. The molecular formula is C21H24N4O2. The topological polar surface area (TPSA) is 71.0 Å². The number of fused-ring (bicyclic) bond motifs is 1. The molecule has 2 unspecified atom stereocenters. The number of rotatable bonds is 7. The summed E-state index contributed by atoms with van der Waals surface area (Å²) in [5.41, 5.74) is 1.95. The quantitative estimate of drug-likeness (QED) is 0.655. The molecule has 6 nitrogen and oxygen atoms in total. The number of amides is 1. The maximum absolute atomic E-state index is 12.9. The Bertz CT molecular complexity index is 944. The number of aromatic nitrogens is 3. The van der Waals surface area contributed by atoms with Crippen molar-refractivity contribution in [1.82, 2.24) is 19.4 Å². The van der Waals surface area contributed by atoms with E-state index >= 15 is 0 Å². The van der Waals surface area contributed by atoms with Crippen molar-refractivity contribution in [3.63, 3.8) is 0 Å². The van der Waals surface area contributed by atoms with E-state index < -0.39 is 0 Å². The third kappa shape index (κ3) is 3.16. The molecule has 3 heterocycles. The number of imidazole rings is 1. The smallest absolute Gasteiger partial charge is 0.290 e. The molecule has 2 atom stereocenters. The molecule has 1 fully saturated rings. The van der Waals surface area contributed by atoms with E-state index in [1.54, 1.807) is 17.4 Å². The van der Waals surface area contributed by atoms with Crippen LogP contribution < -0.4 is 0 Å². The predicted molar refractivity (Wildman–Crippen MR) is 103 cm³/mol. The Morgan fingerprint density at radius 1 is 1.19 bits per heavy atom. The van der Waals surface area contributed by atoms with Crippen LogP contribution in [0.25, 0.3) is 10.9 Å². The third-order valence-corrected chi connectivity index (χ3v) is 5.45. The Hall–Kier alpha value is -2.89. The number of carbonyl (C=O) groups excluding carboxylic acids is 2. The number of benzene rings is 1. The summed E-state index contributed by atoms with van der Waals surface area (Å²) in [4.78, 5) is 34.8. The van der Waals surface area contributed by atoms with Crippen LogP contribution in [0, 0.1) is 0 Å². The first kappa shape index (κ1) is 17.5. The number of nitrogens with one attached hydrogen (secondary N) is 1. The average Bonchev–Trinajstić information content (AvgIpc) is 3.38. The van der Waals surface area contributed by atoms with Crippen LogP contribution in [-0.2, 0) is 16.1 Å². The first-order valence-corrected chi connectivity index (χ1v) is 9.57. The second-order valence-electron chi connectivity index (χ2n) is 7.14. The molecule has 1 aliphatic rings. The molecule has 0 saturated carbocycles. The van der Waals surface area contributed by atoms with Gasteiger partial charge in [0.15, 0.2) is 0 Å². The highest BCUT2D eigenvalue weighted by Gasteiger charge is 2.47. The Balaban J connectivity index is 1.59. The number of para-hydroxylation sites is 1. The van der Waals surface area contributed by atoms with Gasteiger partial charge in [0.05, 0.1) is 12.2 Å².